The summed E-state index contributed by atoms with van der Waals surface area (Å²) >= 11 is 0. The number of rotatable bonds is 4. The lowest BCUT2D eigenvalue weighted by Gasteiger charge is -2.09. The van der Waals surface area contributed by atoms with Gasteiger partial charge in [-0.25, -0.2) is 4.79 Å². The number of carboxylic acids is 1. The monoisotopic (exact) mass is 146 g/mol. The van der Waals surface area contributed by atoms with Crippen LogP contribution in [-0.2, 0) is 14.3 Å². The zero-order valence-electron chi connectivity index (χ0n) is 5.90. The summed E-state index contributed by atoms with van der Waals surface area (Å²) in [6.07, 6.45) is -1.01. The van der Waals surface area contributed by atoms with E-state index in [1.807, 2.05) is 0 Å². The molecule has 0 saturated heterocycles. The molecule has 4 nitrogen and oxygen atoms in total. The molecule has 4 heteroatoms. The van der Waals surface area contributed by atoms with Gasteiger partial charge in [-0.3, -0.25) is 0 Å². The Kier molecular flexibility index (Phi) is 3.64. The Morgan fingerprint density at radius 1 is 1.60 bits per heavy atom. The molecule has 0 aromatic heterocycles. The van der Waals surface area contributed by atoms with E-state index < -0.39 is 18.2 Å². The summed E-state index contributed by atoms with van der Waals surface area (Å²) in [4.78, 5) is 20.1. The van der Waals surface area contributed by atoms with E-state index in [0.29, 0.717) is 6.29 Å². The number of carbonyl (C=O) groups is 2. The predicted octanol–water partition coefficient (Wildman–Crippen LogP) is 0.0635. The summed E-state index contributed by atoms with van der Waals surface area (Å²) in [7, 11) is 0. The molecule has 0 aliphatic rings. The fourth-order valence-corrected chi connectivity index (χ4v) is 0.412. The summed E-state index contributed by atoms with van der Waals surface area (Å²) in [5.41, 5.74) is 0. The number of carbonyl (C=O) groups excluding carboxylic acids is 1. The fraction of sp³-hybridized carbons (Fsp3) is 0.667. The zero-order valence-corrected chi connectivity index (χ0v) is 5.90. The molecule has 0 aromatic rings. The highest BCUT2D eigenvalue weighted by molar-refractivity contribution is 5.72. The van der Waals surface area contributed by atoms with Gasteiger partial charge >= 0.3 is 5.97 Å². The maximum absolute atomic E-state index is 10.1. The second kappa shape index (κ2) is 4.00. The molecule has 2 atom stereocenters. The Balaban J connectivity index is 3.67. The van der Waals surface area contributed by atoms with Gasteiger partial charge in [-0.15, -0.1) is 0 Å². The van der Waals surface area contributed by atoms with Gasteiger partial charge in [-0.05, 0) is 13.8 Å². The van der Waals surface area contributed by atoms with E-state index in [2.05, 4.69) is 0 Å². The molecule has 0 aliphatic heterocycles. The van der Waals surface area contributed by atoms with Gasteiger partial charge < -0.3 is 14.6 Å². The lowest BCUT2D eigenvalue weighted by atomic mass is 10.4. The van der Waals surface area contributed by atoms with Crippen LogP contribution < -0.4 is 0 Å². The largest absolute Gasteiger partial charge is 0.479 e. The third-order valence-electron chi connectivity index (χ3n) is 0.958. The first-order chi connectivity index (χ1) is 4.57. The van der Waals surface area contributed by atoms with Gasteiger partial charge in [0.05, 0.1) is 0 Å². The van der Waals surface area contributed by atoms with E-state index in [9.17, 15) is 9.59 Å². The molecule has 0 aromatic carbocycles. The van der Waals surface area contributed by atoms with Gasteiger partial charge in [-0.2, -0.15) is 0 Å². The van der Waals surface area contributed by atoms with E-state index >= 15 is 0 Å². The molecular formula is C6H10O4. The molecule has 0 amide bonds. The third kappa shape index (κ3) is 3.19. The van der Waals surface area contributed by atoms with Crippen molar-refractivity contribution in [1.82, 2.24) is 0 Å². The first-order valence-electron chi connectivity index (χ1n) is 2.91. The Hall–Kier alpha value is -0.900. The highest BCUT2D eigenvalue weighted by atomic mass is 16.5. The van der Waals surface area contributed by atoms with Gasteiger partial charge in [-0.1, -0.05) is 0 Å². The van der Waals surface area contributed by atoms with Crippen LogP contribution >= 0.6 is 0 Å². The minimum atomic E-state index is -1.06. The predicted molar refractivity (Wildman–Crippen MR) is 33.7 cm³/mol. The zero-order chi connectivity index (χ0) is 8.15. The van der Waals surface area contributed by atoms with Crippen molar-refractivity contribution in [2.75, 3.05) is 0 Å². The summed E-state index contributed by atoms with van der Waals surface area (Å²) in [6.45, 7) is 2.87. The molecule has 10 heavy (non-hydrogen) atoms. The minimum Gasteiger partial charge on any atom is -0.479 e. The topological polar surface area (TPSA) is 63.6 Å². The lowest BCUT2D eigenvalue weighted by Crippen LogP contribution is -2.25. The Morgan fingerprint density at radius 3 is 2.40 bits per heavy atom. The molecule has 2 unspecified atom stereocenters. The van der Waals surface area contributed by atoms with Crippen molar-refractivity contribution < 1.29 is 19.4 Å². The normalized spacial score (nSPS) is 15.8. The molecule has 58 valence electrons. The van der Waals surface area contributed by atoms with Gasteiger partial charge in [0, 0.05) is 0 Å². The van der Waals surface area contributed by atoms with Gasteiger partial charge in [0.1, 0.15) is 12.4 Å². The Labute approximate surface area is 58.8 Å². The second-order valence-corrected chi connectivity index (χ2v) is 1.96. The molecular weight excluding hydrogens is 136 g/mol. The standard InChI is InChI=1S/C6H10O4/c1-4(3-7)10-5(2)6(8)9/h3-5H,1-2H3,(H,8,9). The van der Waals surface area contributed by atoms with Crippen LogP contribution in [0.5, 0.6) is 0 Å². The maximum Gasteiger partial charge on any atom is 0.332 e. The Morgan fingerprint density at radius 2 is 2.10 bits per heavy atom. The molecule has 0 rings (SSSR count). The number of aldehydes is 1. The van der Waals surface area contributed by atoms with Crippen molar-refractivity contribution in [1.29, 1.82) is 0 Å². The highest BCUT2D eigenvalue weighted by Crippen LogP contribution is 1.94. The molecule has 0 aliphatic carbocycles. The van der Waals surface area contributed by atoms with Crippen molar-refractivity contribution in [3.8, 4) is 0 Å². The first-order valence-corrected chi connectivity index (χ1v) is 2.91. The number of carboxylic acid groups (broad SMARTS) is 1. The number of hydrogen-bond acceptors (Lipinski definition) is 3. The number of aliphatic carboxylic acids is 1. The summed E-state index contributed by atoms with van der Waals surface area (Å²) in [5.74, 6) is -1.06. The smallest absolute Gasteiger partial charge is 0.332 e. The van der Waals surface area contributed by atoms with Crippen LogP contribution in [0.25, 0.3) is 0 Å². The summed E-state index contributed by atoms with van der Waals surface area (Å²) in [6, 6.07) is 0. The van der Waals surface area contributed by atoms with Crippen LogP contribution in [-0.4, -0.2) is 29.6 Å². The van der Waals surface area contributed by atoms with Crippen molar-refractivity contribution in [3.05, 3.63) is 0 Å². The lowest BCUT2D eigenvalue weighted by molar-refractivity contribution is -0.153. The highest BCUT2D eigenvalue weighted by Gasteiger charge is 2.13. The van der Waals surface area contributed by atoms with Crippen molar-refractivity contribution in [2.45, 2.75) is 26.1 Å². The number of hydrogen-bond donors (Lipinski definition) is 1. The average Bonchev–Trinajstić information content (AvgIpc) is 1.87. The minimum absolute atomic E-state index is 0.555. The molecule has 0 heterocycles. The molecule has 0 spiro atoms. The van der Waals surface area contributed by atoms with Crippen LogP contribution in [0.4, 0.5) is 0 Å². The van der Waals surface area contributed by atoms with Crippen LogP contribution in [0.1, 0.15) is 13.8 Å². The van der Waals surface area contributed by atoms with Gasteiger partial charge in [0.15, 0.2) is 6.10 Å². The second-order valence-electron chi connectivity index (χ2n) is 1.96. The van der Waals surface area contributed by atoms with E-state index in [1.54, 1.807) is 0 Å². The molecule has 0 saturated carbocycles. The molecule has 0 fully saturated rings. The van der Waals surface area contributed by atoms with Crippen LogP contribution in [0.15, 0.2) is 0 Å². The van der Waals surface area contributed by atoms with Crippen molar-refractivity contribution >= 4 is 12.3 Å². The third-order valence-corrected chi connectivity index (χ3v) is 0.958. The van der Waals surface area contributed by atoms with Crippen molar-refractivity contribution in [3.63, 3.8) is 0 Å². The Bertz CT molecular complexity index is 132. The molecule has 0 bridgehead atoms. The molecule has 0 radical (unpaired) electrons. The maximum atomic E-state index is 10.1. The summed E-state index contributed by atoms with van der Waals surface area (Å²) < 4.78 is 4.69. The number of ether oxygens (including phenoxy) is 1. The van der Waals surface area contributed by atoms with E-state index in [4.69, 9.17) is 9.84 Å². The average molecular weight is 146 g/mol. The summed E-state index contributed by atoms with van der Waals surface area (Å²) in [5, 5.41) is 8.29. The van der Waals surface area contributed by atoms with Gasteiger partial charge in [0.25, 0.3) is 0 Å². The van der Waals surface area contributed by atoms with E-state index in [1.165, 1.54) is 13.8 Å². The SMILES string of the molecule is CC(C=O)OC(C)C(=O)O. The van der Waals surface area contributed by atoms with E-state index in [-0.39, 0.29) is 0 Å². The van der Waals surface area contributed by atoms with E-state index in [0.717, 1.165) is 0 Å². The van der Waals surface area contributed by atoms with Crippen LogP contribution in [0.3, 0.4) is 0 Å². The van der Waals surface area contributed by atoms with Crippen LogP contribution in [0, 0.1) is 0 Å². The molecule has 1 N–H and O–H groups in total. The quantitative estimate of drug-likeness (QED) is 0.570. The van der Waals surface area contributed by atoms with Gasteiger partial charge in [0.2, 0.25) is 0 Å². The van der Waals surface area contributed by atoms with Crippen LogP contribution in [0.2, 0.25) is 0 Å². The van der Waals surface area contributed by atoms with Crippen molar-refractivity contribution in [2.24, 2.45) is 0 Å². The first kappa shape index (κ1) is 9.10. The fourth-order valence-electron chi connectivity index (χ4n) is 0.412.